The number of rotatable bonds is 12. The van der Waals surface area contributed by atoms with Gasteiger partial charge in [-0.2, -0.15) is 0 Å². The van der Waals surface area contributed by atoms with Gasteiger partial charge in [-0.15, -0.1) is 0 Å². The first-order chi connectivity index (χ1) is 21.8. The summed E-state index contributed by atoms with van der Waals surface area (Å²) >= 11 is 0. The predicted molar refractivity (Wildman–Crippen MR) is 159 cm³/mol. The number of oxime groups is 1. The van der Waals surface area contributed by atoms with Crippen LogP contribution >= 0.6 is 0 Å². The Bertz CT molecular complexity index is 1500. The molecule has 1 aromatic heterocycles. The van der Waals surface area contributed by atoms with Gasteiger partial charge in [-0.3, -0.25) is 9.69 Å². The standard InChI is InChI=1S/C30H33N7O8/c38-25(33-16-24(26(39)40)35-28(41)43-17-20-7-3-1-4-8-20)23-14-30(45-36-23)13-22(15-34-27-31-11-12-32-27)37(19-30)29(42)44-18-21-9-5-2-6-10-21/h1-12,22,24H,13-19H2,(H,33,38)(H,35,41)(H,39,40)(H2,31,32,34)/t22?,24-,30?/m0/s1. The first-order valence-electron chi connectivity index (χ1n) is 14.2. The summed E-state index contributed by atoms with van der Waals surface area (Å²) in [5.41, 5.74) is 0.612. The Hall–Kier alpha value is -5.60. The molecule has 0 saturated carbocycles. The highest BCUT2D eigenvalue weighted by Crippen LogP contribution is 2.38. The molecule has 3 amide bonds. The highest BCUT2D eigenvalue weighted by molar-refractivity contribution is 6.39. The van der Waals surface area contributed by atoms with Crippen LogP contribution in [0.25, 0.3) is 0 Å². The number of hydrogen-bond donors (Lipinski definition) is 5. The molecule has 0 radical (unpaired) electrons. The fraction of sp³-hybridized carbons (Fsp3) is 0.333. The highest BCUT2D eigenvalue weighted by Gasteiger charge is 2.52. The van der Waals surface area contributed by atoms with E-state index in [1.165, 1.54) is 0 Å². The Balaban J connectivity index is 1.15. The van der Waals surface area contributed by atoms with Gasteiger partial charge in [0, 0.05) is 38.3 Å². The van der Waals surface area contributed by atoms with Gasteiger partial charge in [-0.25, -0.2) is 19.4 Å². The van der Waals surface area contributed by atoms with Gasteiger partial charge in [0.15, 0.2) is 11.5 Å². The number of amides is 3. The Morgan fingerprint density at radius 2 is 1.73 bits per heavy atom. The molecule has 15 nitrogen and oxygen atoms in total. The summed E-state index contributed by atoms with van der Waals surface area (Å²) in [7, 11) is 0. The minimum absolute atomic E-state index is 0.0306. The van der Waals surface area contributed by atoms with Gasteiger partial charge in [0.1, 0.15) is 25.0 Å². The third kappa shape index (κ3) is 8.28. The largest absolute Gasteiger partial charge is 0.480 e. The fourth-order valence-electron chi connectivity index (χ4n) is 5.06. The first kappa shape index (κ1) is 30.8. The summed E-state index contributed by atoms with van der Waals surface area (Å²) in [6.07, 6.45) is 2.19. The van der Waals surface area contributed by atoms with Crippen LogP contribution in [0.2, 0.25) is 0 Å². The van der Waals surface area contributed by atoms with Crippen molar-refractivity contribution < 1.29 is 38.6 Å². The lowest BCUT2D eigenvalue weighted by atomic mass is 9.94. The molecular weight excluding hydrogens is 586 g/mol. The van der Waals surface area contributed by atoms with Gasteiger partial charge in [0.05, 0.1) is 12.6 Å². The summed E-state index contributed by atoms with van der Waals surface area (Å²) in [6, 6.07) is 16.4. The van der Waals surface area contributed by atoms with Crippen LogP contribution in [-0.2, 0) is 37.1 Å². The Morgan fingerprint density at radius 3 is 2.38 bits per heavy atom. The number of nitrogens with zero attached hydrogens (tertiary/aromatic N) is 3. The minimum atomic E-state index is -1.45. The lowest BCUT2D eigenvalue weighted by molar-refractivity contribution is -0.139. The van der Waals surface area contributed by atoms with Crippen LogP contribution in [0.4, 0.5) is 15.5 Å². The van der Waals surface area contributed by atoms with Gasteiger partial charge in [-0.1, -0.05) is 65.8 Å². The van der Waals surface area contributed by atoms with E-state index in [2.05, 4.69) is 31.1 Å². The number of alkyl carbamates (subject to hydrolysis) is 1. The van der Waals surface area contributed by atoms with Gasteiger partial charge >= 0.3 is 18.2 Å². The van der Waals surface area contributed by atoms with Crippen LogP contribution in [0.15, 0.2) is 78.2 Å². The van der Waals surface area contributed by atoms with Crippen molar-refractivity contribution in [2.75, 3.05) is 25.0 Å². The monoisotopic (exact) mass is 619 g/mol. The van der Waals surface area contributed by atoms with Crippen LogP contribution in [0.3, 0.4) is 0 Å². The van der Waals surface area contributed by atoms with Crippen molar-refractivity contribution in [1.82, 2.24) is 25.5 Å². The second kappa shape index (κ2) is 14.2. The average molecular weight is 620 g/mol. The Kier molecular flexibility index (Phi) is 9.77. The average Bonchev–Trinajstić information content (AvgIpc) is 3.81. The zero-order valence-corrected chi connectivity index (χ0v) is 24.2. The van der Waals surface area contributed by atoms with Crippen molar-refractivity contribution in [2.24, 2.45) is 5.16 Å². The number of aliphatic carboxylic acids is 1. The number of benzene rings is 2. The minimum Gasteiger partial charge on any atom is -0.480 e. The van der Waals surface area contributed by atoms with Crippen LogP contribution in [0, 0.1) is 0 Å². The van der Waals surface area contributed by atoms with E-state index in [0.29, 0.717) is 18.9 Å². The first-order valence-corrected chi connectivity index (χ1v) is 14.2. The number of H-pyrrole nitrogens is 1. The number of anilines is 1. The second-order valence-corrected chi connectivity index (χ2v) is 10.6. The van der Waals surface area contributed by atoms with E-state index in [1.54, 1.807) is 41.6 Å². The quantitative estimate of drug-likeness (QED) is 0.201. The number of hydrogen-bond acceptors (Lipinski definition) is 10. The van der Waals surface area contributed by atoms with E-state index in [0.717, 1.165) is 11.1 Å². The van der Waals surface area contributed by atoms with Crippen molar-refractivity contribution in [1.29, 1.82) is 0 Å². The lowest BCUT2D eigenvalue weighted by Gasteiger charge is -2.24. The summed E-state index contributed by atoms with van der Waals surface area (Å²) in [4.78, 5) is 64.4. The number of carboxylic acid groups (broad SMARTS) is 1. The maximum atomic E-state index is 13.2. The number of aromatic nitrogens is 2. The van der Waals surface area contributed by atoms with Crippen molar-refractivity contribution >= 4 is 35.7 Å². The van der Waals surface area contributed by atoms with Gasteiger partial charge < -0.3 is 40.4 Å². The summed E-state index contributed by atoms with van der Waals surface area (Å²) < 4.78 is 10.7. The van der Waals surface area contributed by atoms with Crippen LogP contribution < -0.4 is 16.0 Å². The molecule has 1 saturated heterocycles. The van der Waals surface area contributed by atoms with Gasteiger partial charge in [0.25, 0.3) is 5.91 Å². The number of carbonyl (C=O) groups is 4. The SMILES string of the molecule is O=C(N[C@@H](CNC(=O)C1=NOC2(C1)CC(CNc1ncc[nH]1)N(C(=O)OCc1ccccc1)C2)C(=O)O)OCc1ccccc1. The topological polar surface area (TPSA) is 197 Å². The molecule has 5 rings (SSSR count). The maximum Gasteiger partial charge on any atom is 0.410 e. The number of ether oxygens (including phenoxy) is 2. The number of aromatic amines is 1. The normalized spacial score (nSPS) is 19.2. The van der Waals surface area contributed by atoms with E-state index in [1.807, 2.05) is 36.4 Å². The number of imidazole rings is 1. The Labute approximate surface area is 257 Å². The van der Waals surface area contributed by atoms with Crippen LogP contribution in [0.1, 0.15) is 24.0 Å². The molecule has 3 atom stereocenters. The zero-order chi connectivity index (χ0) is 31.6. The van der Waals surface area contributed by atoms with Crippen molar-refractivity contribution in [3.05, 3.63) is 84.2 Å². The Morgan fingerprint density at radius 1 is 1.04 bits per heavy atom. The van der Waals surface area contributed by atoms with Gasteiger partial charge in [0.2, 0.25) is 0 Å². The molecule has 45 heavy (non-hydrogen) atoms. The van der Waals surface area contributed by atoms with E-state index >= 15 is 0 Å². The van der Waals surface area contributed by atoms with Gasteiger partial charge in [-0.05, 0) is 11.1 Å². The molecule has 236 valence electrons. The summed E-state index contributed by atoms with van der Waals surface area (Å²) in [5, 5.41) is 21.4. The molecule has 2 aliphatic heterocycles. The summed E-state index contributed by atoms with van der Waals surface area (Å²) in [5.74, 6) is -1.49. The molecule has 3 heterocycles. The van der Waals surface area contributed by atoms with Crippen molar-refractivity contribution in [3.8, 4) is 0 Å². The third-order valence-corrected chi connectivity index (χ3v) is 7.32. The molecule has 1 spiro atoms. The number of carboxylic acids is 1. The van der Waals surface area contributed by atoms with E-state index in [4.69, 9.17) is 14.3 Å². The number of carbonyl (C=O) groups excluding carboxylic acids is 3. The van der Waals surface area contributed by atoms with Crippen molar-refractivity contribution in [3.63, 3.8) is 0 Å². The van der Waals surface area contributed by atoms with Crippen LogP contribution in [0.5, 0.6) is 0 Å². The van der Waals surface area contributed by atoms with E-state index in [-0.39, 0.29) is 37.9 Å². The molecule has 15 heteroatoms. The van der Waals surface area contributed by atoms with E-state index in [9.17, 15) is 24.3 Å². The molecule has 2 aromatic carbocycles. The molecule has 0 aliphatic carbocycles. The number of nitrogens with one attached hydrogen (secondary N) is 4. The fourth-order valence-corrected chi connectivity index (χ4v) is 5.06. The lowest BCUT2D eigenvalue weighted by Crippen LogP contribution is -2.49. The molecule has 2 unspecified atom stereocenters. The number of likely N-dealkylation sites (tertiary alicyclic amines) is 1. The second-order valence-electron chi connectivity index (χ2n) is 10.6. The smallest absolute Gasteiger partial charge is 0.410 e. The van der Waals surface area contributed by atoms with Crippen LogP contribution in [-0.4, -0.2) is 87.1 Å². The van der Waals surface area contributed by atoms with Crippen molar-refractivity contribution in [2.45, 2.75) is 43.7 Å². The molecule has 5 N–H and O–H groups in total. The molecule has 2 aliphatic rings. The third-order valence-electron chi connectivity index (χ3n) is 7.32. The van der Waals surface area contributed by atoms with E-state index < -0.39 is 42.3 Å². The highest BCUT2D eigenvalue weighted by atomic mass is 16.7. The molecule has 1 fully saturated rings. The molecule has 0 bridgehead atoms. The summed E-state index contributed by atoms with van der Waals surface area (Å²) in [6.45, 7) is 0.0562. The molecular formula is C30H33N7O8. The maximum absolute atomic E-state index is 13.2. The predicted octanol–water partition coefficient (Wildman–Crippen LogP) is 2.24. The zero-order valence-electron chi connectivity index (χ0n) is 24.2. The molecule has 3 aromatic rings.